The van der Waals surface area contributed by atoms with Crippen molar-refractivity contribution in [3.8, 4) is 0 Å². The number of carboxylic acid groups (broad SMARTS) is 1. The van der Waals surface area contributed by atoms with Crippen LogP contribution in [0.1, 0.15) is 40.0 Å². The van der Waals surface area contributed by atoms with E-state index < -0.39 is 12.0 Å². The molecule has 0 aliphatic carbocycles. The van der Waals surface area contributed by atoms with Gasteiger partial charge in [-0.05, 0) is 18.3 Å². The van der Waals surface area contributed by atoms with E-state index in [1.165, 1.54) is 0 Å². The van der Waals surface area contributed by atoms with Crippen molar-refractivity contribution >= 4 is 11.9 Å². The normalized spacial score (nSPS) is 18.9. The first-order valence-electron chi connectivity index (χ1n) is 7.09. The highest BCUT2D eigenvalue weighted by Gasteiger charge is 2.33. The van der Waals surface area contributed by atoms with E-state index in [1.807, 2.05) is 20.8 Å². The fraction of sp³-hybridized carbons (Fsp3) is 0.857. The minimum absolute atomic E-state index is 0.0125. The molecule has 1 atom stereocenters. The highest BCUT2D eigenvalue weighted by molar-refractivity contribution is 5.82. The second kappa shape index (κ2) is 7.04. The fourth-order valence-corrected chi connectivity index (χ4v) is 2.12. The molecule has 1 heterocycles. The van der Waals surface area contributed by atoms with Crippen LogP contribution in [-0.2, 0) is 14.3 Å². The second-order valence-corrected chi connectivity index (χ2v) is 6.38. The minimum Gasteiger partial charge on any atom is -0.481 e. The largest absolute Gasteiger partial charge is 0.481 e. The molecule has 1 aliphatic heterocycles. The summed E-state index contributed by atoms with van der Waals surface area (Å²) in [6.07, 6.45) is 1.54. The average molecular weight is 286 g/mol. The molecule has 116 valence electrons. The molecule has 3 N–H and O–H groups in total. The van der Waals surface area contributed by atoms with Gasteiger partial charge >= 0.3 is 5.97 Å². The zero-order valence-corrected chi connectivity index (χ0v) is 12.6. The number of nitrogens with two attached hydrogens (primary N) is 1. The summed E-state index contributed by atoms with van der Waals surface area (Å²) in [5, 5.41) is 8.55. The van der Waals surface area contributed by atoms with Gasteiger partial charge in [-0.1, -0.05) is 20.8 Å². The molecule has 0 saturated carbocycles. The van der Waals surface area contributed by atoms with E-state index in [0.29, 0.717) is 13.1 Å². The Kier molecular flexibility index (Phi) is 5.95. The molecule has 0 unspecified atom stereocenters. The lowest BCUT2D eigenvalue weighted by Crippen LogP contribution is -2.53. The number of hydrogen-bond acceptors (Lipinski definition) is 4. The maximum atomic E-state index is 12.2. The molecule has 0 aromatic heterocycles. The topological polar surface area (TPSA) is 92.9 Å². The van der Waals surface area contributed by atoms with Gasteiger partial charge in [-0.2, -0.15) is 0 Å². The van der Waals surface area contributed by atoms with Gasteiger partial charge in [0.1, 0.15) is 0 Å². The fourth-order valence-electron chi connectivity index (χ4n) is 2.12. The van der Waals surface area contributed by atoms with Crippen molar-refractivity contribution in [1.29, 1.82) is 0 Å². The van der Waals surface area contributed by atoms with Crippen molar-refractivity contribution in [2.45, 2.75) is 52.2 Å². The predicted octanol–water partition coefficient (Wildman–Crippen LogP) is 0.842. The number of nitrogens with zero attached hydrogens (tertiary/aromatic N) is 1. The molecule has 0 aromatic carbocycles. The van der Waals surface area contributed by atoms with Gasteiger partial charge in [-0.3, -0.25) is 9.59 Å². The summed E-state index contributed by atoms with van der Waals surface area (Å²) in [5.41, 5.74) is 5.74. The zero-order chi connectivity index (χ0) is 15.3. The van der Waals surface area contributed by atoms with Crippen molar-refractivity contribution in [3.63, 3.8) is 0 Å². The lowest BCUT2D eigenvalue weighted by atomic mass is 9.86. The summed E-state index contributed by atoms with van der Waals surface area (Å²) < 4.78 is 5.50. The monoisotopic (exact) mass is 286 g/mol. The molecule has 6 nitrogen and oxygen atoms in total. The van der Waals surface area contributed by atoms with E-state index in [9.17, 15) is 9.59 Å². The molecule has 1 aliphatic rings. The van der Waals surface area contributed by atoms with Crippen molar-refractivity contribution in [1.82, 2.24) is 4.90 Å². The summed E-state index contributed by atoms with van der Waals surface area (Å²) in [4.78, 5) is 24.4. The lowest BCUT2D eigenvalue weighted by molar-refractivity contribution is -0.139. The van der Waals surface area contributed by atoms with Crippen LogP contribution in [0.15, 0.2) is 0 Å². The summed E-state index contributed by atoms with van der Waals surface area (Å²) in [6, 6.07) is -0.494. The molecule has 0 bridgehead atoms. The minimum atomic E-state index is -0.853. The molecule has 1 amide bonds. The zero-order valence-electron chi connectivity index (χ0n) is 12.6. The van der Waals surface area contributed by atoms with Crippen LogP contribution in [-0.4, -0.2) is 53.7 Å². The van der Waals surface area contributed by atoms with Crippen LogP contribution in [0.3, 0.4) is 0 Å². The Balaban J connectivity index is 2.35. The number of hydrogen-bond donors (Lipinski definition) is 2. The molecule has 6 heteroatoms. The molecule has 20 heavy (non-hydrogen) atoms. The molecule has 0 aromatic rings. The van der Waals surface area contributed by atoms with Crippen molar-refractivity contribution < 1.29 is 19.4 Å². The molecule has 1 rings (SSSR count). The average Bonchev–Trinajstić information content (AvgIpc) is 2.36. The number of piperidine rings is 1. The van der Waals surface area contributed by atoms with Gasteiger partial charge in [-0.15, -0.1) is 0 Å². The van der Waals surface area contributed by atoms with Crippen LogP contribution in [0.4, 0.5) is 0 Å². The first-order chi connectivity index (χ1) is 9.21. The quantitative estimate of drug-likeness (QED) is 0.781. The Bertz CT molecular complexity index is 344. The molecule has 1 saturated heterocycles. The maximum absolute atomic E-state index is 12.2. The van der Waals surface area contributed by atoms with Crippen LogP contribution >= 0.6 is 0 Å². The number of aliphatic carboxylic acids is 1. The predicted molar refractivity (Wildman–Crippen MR) is 75.2 cm³/mol. The van der Waals surface area contributed by atoms with E-state index in [1.54, 1.807) is 4.90 Å². The third kappa shape index (κ3) is 5.09. The van der Waals surface area contributed by atoms with Gasteiger partial charge in [0.05, 0.1) is 25.2 Å². The number of carboxylic acids is 1. The van der Waals surface area contributed by atoms with Gasteiger partial charge in [0.25, 0.3) is 0 Å². The van der Waals surface area contributed by atoms with Gasteiger partial charge in [-0.25, -0.2) is 0 Å². The van der Waals surface area contributed by atoms with Gasteiger partial charge < -0.3 is 20.5 Å². The first kappa shape index (κ1) is 16.9. The summed E-state index contributed by atoms with van der Waals surface area (Å²) >= 11 is 0. The smallest absolute Gasteiger partial charge is 0.305 e. The standard InChI is InChI=1S/C14H26N2O4/c1-14(2,3)12(15)13(19)16-7-4-10(5-8-16)20-9-6-11(17)18/h10,12H,4-9,15H2,1-3H3,(H,17,18)/t12-/m1/s1. The van der Waals surface area contributed by atoms with Gasteiger partial charge in [0, 0.05) is 13.1 Å². The van der Waals surface area contributed by atoms with Crippen LogP contribution in [0.2, 0.25) is 0 Å². The van der Waals surface area contributed by atoms with Crippen LogP contribution in [0.5, 0.6) is 0 Å². The Morgan fingerprint density at radius 1 is 1.35 bits per heavy atom. The van der Waals surface area contributed by atoms with E-state index in [0.717, 1.165) is 12.8 Å². The van der Waals surface area contributed by atoms with E-state index in [2.05, 4.69) is 0 Å². The van der Waals surface area contributed by atoms with E-state index in [-0.39, 0.29) is 30.5 Å². The third-order valence-electron chi connectivity index (χ3n) is 3.62. The molecular weight excluding hydrogens is 260 g/mol. The Morgan fingerprint density at radius 3 is 2.35 bits per heavy atom. The van der Waals surface area contributed by atoms with Gasteiger partial charge in [0.15, 0.2) is 0 Å². The maximum Gasteiger partial charge on any atom is 0.305 e. The first-order valence-corrected chi connectivity index (χ1v) is 7.09. The van der Waals surface area contributed by atoms with Crippen molar-refractivity contribution in [2.75, 3.05) is 19.7 Å². The number of amides is 1. The molecule has 0 spiro atoms. The number of carbonyl (C=O) groups excluding carboxylic acids is 1. The van der Waals surface area contributed by atoms with Gasteiger partial charge in [0.2, 0.25) is 5.91 Å². The summed E-state index contributed by atoms with van der Waals surface area (Å²) in [6.45, 7) is 7.35. The van der Waals surface area contributed by atoms with Crippen LogP contribution < -0.4 is 5.73 Å². The van der Waals surface area contributed by atoms with Crippen molar-refractivity contribution in [2.24, 2.45) is 11.1 Å². The SMILES string of the molecule is CC(C)(C)[C@H](N)C(=O)N1CCC(OCCC(=O)O)CC1. The number of likely N-dealkylation sites (tertiary alicyclic amines) is 1. The molecule has 1 fully saturated rings. The highest BCUT2D eigenvalue weighted by Crippen LogP contribution is 2.21. The lowest BCUT2D eigenvalue weighted by Gasteiger charge is -2.36. The molecular formula is C14H26N2O4. The highest BCUT2D eigenvalue weighted by atomic mass is 16.5. The summed E-state index contributed by atoms with van der Waals surface area (Å²) in [5.74, 6) is -0.866. The van der Waals surface area contributed by atoms with E-state index in [4.69, 9.17) is 15.6 Å². The van der Waals surface area contributed by atoms with E-state index >= 15 is 0 Å². The Labute approximate surface area is 120 Å². The Morgan fingerprint density at radius 2 is 1.90 bits per heavy atom. The second-order valence-electron chi connectivity index (χ2n) is 6.38. The third-order valence-corrected chi connectivity index (χ3v) is 3.62. The summed E-state index contributed by atoms with van der Waals surface area (Å²) in [7, 11) is 0. The Hall–Kier alpha value is -1.14. The number of ether oxygens (including phenoxy) is 1. The number of carbonyl (C=O) groups is 2. The number of rotatable bonds is 5. The molecule has 0 radical (unpaired) electrons. The van der Waals surface area contributed by atoms with Crippen LogP contribution in [0.25, 0.3) is 0 Å². The van der Waals surface area contributed by atoms with Crippen LogP contribution in [0, 0.1) is 5.41 Å². The van der Waals surface area contributed by atoms with Crippen molar-refractivity contribution in [3.05, 3.63) is 0 Å².